The van der Waals surface area contributed by atoms with E-state index >= 15 is 0 Å². The first-order valence-electron chi connectivity index (χ1n) is 19.2. The summed E-state index contributed by atoms with van der Waals surface area (Å²) in [7, 11) is 1.99. The van der Waals surface area contributed by atoms with Gasteiger partial charge in [-0.1, -0.05) is 78.6 Å². The Bertz CT molecular complexity index is 1450. The van der Waals surface area contributed by atoms with Crippen molar-refractivity contribution in [2.75, 3.05) is 26.7 Å². The number of thiazole rings is 1. The molecule has 2 aromatic rings. The van der Waals surface area contributed by atoms with Gasteiger partial charge in [-0.25, -0.2) is 4.98 Å². The molecule has 0 saturated carbocycles. The molecule has 282 valence electrons. The van der Waals surface area contributed by atoms with Crippen LogP contribution in [0.5, 0.6) is 0 Å². The van der Waals surface area contributed by atoms with Crippen LogP contribution < -0.4 is 10.6 Å². The molecule has 0 radical (unpaired) electrons. The first-order valence-corrected chi connectivity index (χ1v) is 20.1. The Morgan fingerprint density at radius 3 is 2.55 bits per heavy atom. The van der Waals surface area contributed by atoms with Crippen LogP contribution in [0, 0.1) is 11.8 Å². The maximum absolute atomic E-state index is 14.6. The van der Waals surface area contributed by atoms with Crippen LogP contribution in [0.15, 0.2) is 29.6 Å². The summed E-state index contributed by atoms with van der Waals surface area (Å²) in [4.78, 5) is 62.4. The number of fused-ring (bicyclic) bond motifs is 1. The van der Waals surface area contributed by atoms with Crippen molar-refractivity contribution in [2.24, 2.45) is 11.8 Å². The SMILES string of the molecule is CCCO[C@H](CC(C(C)C)N(CCC)C(=O)[C@@H](NC(=O)[C@H]1CCCCN1C)[C@@H](C)CC)c1nc(C(=O)N[C@H]2Cc3ccccc3[C@H](C=O)C2)cs1. The molecule has 1 aliphatic heterocycles. The number of aromatic nitrogens is 1. The third-order valence-electron chi connectivity index (χ3n) is 10.7. The van der Waals surface area contributed by atoms with Crippen molar-refractivity contribution < 1.29 is 23.9 Å². The fraction of sp³-hybridized carbons (Fsp3) is 0.675. The number of carbonyl (C=O) groups is 4. The number of carbonyl (C=O) groups excluding carboxylic acids is 4. The number of amides is 3. The normalized spacial score (nSPS) is 21.6. The topological polar surface area (TPSA) is 121 Å². The molecule has 1 aromatic heterocycles. The summed E-state index contributed by atoms with van der Waals surface area (Å²) in [5.41, 5.74) is 2.45. The van der Waals surface area contributed by atoms with E-state index in [9.17, 15) is 19.2 Å². The van der Waals surface area contributed by atoms with Gasteiger partial charge in [-0.3, -0.25) is 19.3 Å². The van der Waals surface area contributed by atoms with Crippen LogP contribution in [0.4, 0.5) is 0 Å². The summed E-state index contributed by atoms with van der Waals surface area (Å²) in [5, 5.41) is 8.81. The van der Waals surface area contributed by atoms with Crippen LogP contribution in [0.1, 0.15) is 132 Å². The molecule has 7 atom stereocenters. The molecule has 11 heteroatoms. The molecule has 1 saturated heterocycles. The Morgan fingerprint density at radius 2 is 1.88 bits per heavy atom. The van der Waals surface area contributed by atoms with E-state index in [2.05, 4.69) is 50.2 Å². The number of hydrogen-bond donors (Lipinski definition) is 2. The number of ether oxygens (including phenoxy) is 1. The highest BCUT2D eigenvalue weighted by Crippen LogP contribution is 2.33. The van der Waals surface area contributed by atoms with Crippen LogP contribution in [0.2, 0.25) is 0 Å². The van der Waals surface area contributed by atoms with E-state index in [0.29, 0.717) is 43.1 Å². The lowest BCUT2D eigenvalue weighted by atomic mass is 9.81. The predicted molar refractivity (Wildman–Crippen MR) is 203 cm³/mol. The molecule has 4 rings (SSSR count). The quantitative estimate of drug-likeness (QED) is 0.173. The average Bonchev–Trinajstić information content (AvgIpc) is 3.63. The molecular weight excluding hydrogens is 663 g/mol. The lowest BCUT2D eigenvalue weighted by Crippen LogP contribution is -2.58. The Kier molecular flexibility index (Phi) is 15.6. The van der Waals surface area contributed by atoms with E-state index in [-0.39, 0.29) is 53.6 Å². The number of nitrogens with zero attached hydrogens (tertiary/aromatic N) is 3. The third kappa shape index (κ3) is 10.5. The maximum atomic E-state index is 14.6. The minimum absolute atomic E-state index is 0.0332. The maximum Gasteiger partial charge on any atom is 0.270 e. The summed E-state index contributed by atoms with van der Waals surface area (Å²) >= 11 is 1.40. The van der Waals surface area contributed by atoms with Gasteiger partial charge in [0.1, 0.15) is 29.1 Å². The second kappa shape index (κ2) is 19.6. The van der Waals surface area contributed by atoms with Gasteiger partial charge >= 0.3 is 0 Å². The number of nitrogens with one attached hydrogen (secondary N) is 2. The van der Waals surface area contributed by atoms with E-state index in [1.165, 1.54) is 11.3 Å². The zero-order valence-electron chi connectivity index (χ0n) is 31.9. The van der Waals surface area contributed by atoms with Crippen LogP contribution >= 0.6 is 11.3 Å². The molecule has 10 nitrogen and oxygen atoms in total. The number of likely N-dealkylation sites (tertiary alicyclic amines) is 1. The van der Waals surface area contributed by atoms with Crippen LogP contribution in [-0.4, -0.2) is 89.7 Å². The molecule has 1 unspecified atom stereocenters. The molecule has 3 amide bonds. The molecule has 2 heterocycles. The Morgan fingerprint density at radius 1 is 1.12 bits per heavy atom. The minimum Gasteiger partial charge on any atom is -0.371 e. The molecular formula is C40H61N5O5S. The van der Waals surface area contributed by atoms with Crippen molar-refractivity contribution in [1.29, 1.82) is 0 Å². The highest BCUT2D eigenvalue weighted by Gasteiger charge is 2.38. The van der Waals surface area contributed by atoms with E-state index < -0.39 is 12.1 Å². The third-order valence-corrected chi connectivity index (χ3v) is 11.7. The molecule has 51 heavy (non-hydrogen) atoms. The molecule has 0 spiro atoms. The number of aldehydes is 1. The molecule has 1 fully saturated rings. The van der Waals surface area contributed by atoms with E-state index in [1.54, 1.807) is 5.38 Å². The van der Waals surface area contributed by atoms with Crippen molar-refractivity contribution in [3.05, 3.63) is 51.5 Å². The second-order valence-corrected chi connectivity index (χ2v) is 15.8. The second-order valence-electron chi connectivity index (χ2n) is 14.9. The minimum atomic E-state index is -0.624. The first kappa shape index (κ1) is 40.6. The summed E-state index contributed by atoms with van der Waals surface area (Å²) in [6, 6.07) is 6.73. The fourth-order valence-electron chi connectivity index (χ4n) is 7.58. The van der Waals surface area contributed by atoms with Gasteiger partial charge in [-0.2, -0.15) is 0 Å². The summed E-state index contributed by atoms with van der Waals surface area (Å²) in [6.45, 7) is 14.5. The highest BCUT2D eigenvalue weighted by atomic mass is 32.1. The van der Waals surface area contributed by atoms with Gasteiger partial charge in [0.2, 0.25) is 11.8 Å². The molecule has 1 aromatic carbocycles. The number of piperidine rings is 1. The smallest absolute Gasteiger partial charge is 0.270 e. The van der Waals surface area contributed by atoms with Gasteiger partial charge < -0.3 is 25.1 Å². The van der Waals surface area contributed by atoms with Gasteiger partial charge in [-0.15, -0.1) is 11.3 Å². The Hall–Kier alpha value is -3.15. The van der Waals surface area contributed by atoms with Crippen molar-refractivity contribution >= 4 is 35.3 Å². The van der Waals surface area contributed by atoms with Gasteiger partial charge in [0, 0.05) is 43.0 Å². The van der Waals surface area contributed by atoms with Crippen LogP contribution in [-0.2, 0) is 25.5 Å². The van der Waals surface area contributed by atoms with Gasteiger partial charge in [0.15, 0.2) is 0 Å². The molecule has 2 N–H and O–H groups in total. The van der Waals surface area contributed by atoms with E-state index in [4.69, 9.17) is 9.72 Å². The monoisotopic (exact) mass is 723 g/mol. The average molecular weight is 724 g/mol. The van der Waals surface area contributed by atoms with Gasteiger partial charge in [0.25, 0.3) is 5.91 Å². The van der Waals surface area contributed by atoms with Gasteiger partial charge in [-0.05, 0) is 75.1 Å². The summed E-state index contributed by atoms with van der Waals surface area (Å²) in [6.07, 6.45) is 7.55. The molecule has 2 aliphatic rings. The zero-order chi connectivity index (χ0) is 37.1. The van der Waals surface area contributed by atoms with E-state index in [1.807, 2.05) is 43.1 Å². The fourth-order valence-corrected chi connectivity index (χ4v) is 8.44. The van der Waals surface area contributed by atoms with Gasteiger partial charge in [0.05, 0.1) is 6.04 Å². The molecule has 0 bridgehead atoms. The van der Waals surface area contributed by atoms with Crippen molar-refractivity contribution in [2.45, 2.75) is 136 Å². The standard InChI is InChI=1S/C40H61N5O5S/c1-8-18-45(40(49)36(27(6)10-3)43-38(48)33-17-13-14-19-44(33)7)34(26(4)5)23-35(50-20-9-2)39-42-32(25-51-39)37(47)41-30-21-28-15-11-12-16-31(28)29(22-30)24-46/h11-12,15-16,24-27,29-30,33-36H,8-10,13-14,17-23H2,1-7H3,(H,41,47)(H,43,48)/t27-,29-,30-,33+,34?,35+,36-/m0/s1. The lowest BCUT2D eigenvalue weighted by Gasteiger charge is -2.40. The predicted octanol–water partition coefficient (Wildman–Crippen LogP) is 6.31. The first-order chi connectivity index (χ1) is 24.5. The number of hydrogen-bond acceptors (Lipinski definition) is 8. The largest absolute Gasteiger partial charge is 0.371 e. The Balaban J connectivity index is 1.53. The summed E-state index contributed by atoms with van der Waals surface area (Å²) in [5.74, 6) is -0.553. The van der Waals surface area contributed by atoms with Crippen molar-refractivity contribution in [1.82, 2.24) is 25.4 Å². The highest BCUT2D eigenvalue weighted by molar-refractivity contribution is 7.09. The number of rotatable bonds is 18. The van der Waals surface area contributed by atoms with E-state index in [0.717, 1.165) is 62.5 Å². The lowest BCUT2D eigenvalue weighted by molar-refractivity contribution is -0.143. The Labute approximate surface area is 309 Å². The molecule has 1 aliphatic carbocycles. The zero-order valence-corrected chi connectivity index (χ0v) is 32.7. The number of benzene rings is 1. The van der Waals surface area contributed by atoms with Crippen LogP contribution in [0.3, 0.4) is 0 Å². The van der Waals surface area contributed by atoms with Crippen molar-refractivity contribution in [3.63, 3.8) is 0 Å². The summed E-state index contributed by atoms with van der Waals surface area (Å²) < 4.78 is 6.43. The number of likely N-dealkylation sites (N-methyl/N-ethyl adjacent to an activating group) is 1. The van der Waals surface area contributed by atoms with Crippen LogP contribution in [0.25, 0.3) is 0 Å². The van der Waals surface area contributed by atoms with Crippen molar-refractivity contribution in [3.8, 4) is 0 Å².